The van der Waals surface area contributed by atoms with E-state index < -0.39 is 0 Å². The summed E-state index contributed by atoms with van der Waals surface area (Å²) in [5, 5.41) is 13.2. The number of nitrogens with one attached hydrogen (secondary N) is 1. The van der Waals surface area contributed by atoms with Gasteiger partial charge in [0, 0.05) is 21.8 Å². The summed E-state index contributed by atoms with van der Waals surface area (Å²) >= 11 is 6.12. The lowest BCUT2D eigenvalue weighted by atomic mass is 9.89. The zero-order chi connectivity index (χ0) is 22.1. The molecule has 2 N–H and O–H groups in total. The number of hydrogen-bond donors (Lipinski definition) is 2. The number of phenols is 1. The van der Waals surface area contributed by atoms with E-state index in [-0.39, 0.29) is 11.7 Å². The van der Waals surface area contributed by atoms with Crippen LogP contribution in [0.2, 0.25) is 5.02 Å². The molecule has 5 rings (SSSR count). The third kappa shape index (κ3) is 3.91. The maximum absolute atomic E-state index is 13.2. The molecule has 0 bridgehead atoms. The second-order valence-corrected chi connectivity index (χ2v) is 8.24. The zero-order valence-electron chi connectivity index (χ0n) is 17.2. The first-order valence-corrected chi connectivity index (χ1v) is 10.7. The number of amides is 1. The minimum Gasteiger partial charge on any atom is -0.508 e. The third-order valence-electron chi connectivity index (χ3n) is 5.62. The molecule has 1 aliphatic rings. The Kier molecular flexibility index (Phi) is 5.26. The van der Waals surface area contributed by atoms with Gasteiger partial charge in [-0.25, -0.2) is 0 Å². The van der Waals surface area contributed by atoms with Crippen molar-refractivity contribution in [3.05, 3.63) is 130 Å². The number of benzene rings is 4. The van der Waals surface area contributed by atoms with Crippen LogP contribution in [0.1, 0.15) is 27.8 Å². The Balaban J connectivity index is 1.61. The fourth-order valence-electron chi connectivity index (χ4n) is 4.10. The van der Waals surface area contributed by atoms with Crippen LogP contribution >= 0.6 is 11.6 Å². The first-order valence-electron chi connectivity index (χ1n) is 10.4. The van der Waals surface area contributed by atoms with E-state index in [0.717, 1.165) is 39.1 Å². The van der Waals surface area contributed by atoms with Gasteiger partial charge in [0.2, 0.25) is 0 Å². The van der Waals surface area contributed by atoms with Gasteiger partial charge in [0.15, 0.2) is 0 Å². The number of carbonyl (C=O) groups is 1. The van der Waals surface area contributed by atoms with Crippen LogP contribution in [0.5, 0.6) is 5.75 Å². The largest absolute Gasteiger partial charge is 0.508 e. The lowest BCUT2D eigenvalue weighted by Crippen LogP contribution is -2.06. The molecule has 32 heavy (non-hydrogen) atoms. The number of carbonyl (C=O) groups excluding carboxylic acids is 1. The number of rotatable bonds is 4. The Hall–Kier alpha value is -3.82. The van der Waals surface area contributed by atoms with Crippen molar-refractivity contribution in [1.29, 1.82) is 0 Å². The summed E-state index contributed by atoms with van der Waals surface area (Å²) in [5.41, 5.74) is 7.32. The average molecular weight is 438 g/mol. The van der Waals surface area contributed by atoms with Gasteiger partial charge in [-0.05, 0) is 59.0 Å². The Bertz CT molecular complexity index is 1320. The number of fused-ring (bicyclic) bond motifs is 1. The van der Waals surface area contributed by atoms with Crippen LogP contribution in [-0.2, 0) is 11.2 Å². The van der Waals surface area contributed by atoms with Gasteiger partial charge >= 0.3 is 0 Å². The molecule has 0 atom stereocenters. The summed E-state index contributed by atoms with van der Waals surface area (Å²) in [5.74, 6) is 0.135. The Morgan fingerprint density at radius 2 is 1.44 bits per heavy atom. The van der Waals surface area contributed by atoms with Gasteiger partial charge in [-0.3, -0.25) is 4.79 Å². The summed E-state index contributed by atoms with van der Waals surface area (Å²) in [6, 6.07) is 30.8. The summed E-state index contributed by atoms with van der Waals surface area (Å²) in [6.45, 7) is 0. The van der Waals surface area contributed by atoms with E-state index in [9.17, 15) is 9.90 Å². The van der Waals surface area contributed by atoms with Crippen LogP contribution in [0.3, 0.4) is 0 Å². The van der Waals surface area contributed by atoms with E-state index in [4.69, 9.17) is 11.6 Å². The average Bonchev–Trinajstić information content (AvgIpc) is 3.12. The van der Waals surface area contributed by atoms with Gasteiger partial charge in [-0.2, -0.15) is 0 Å². The third-order valence-corrected chi connectivity index (χ3v) is 5.87. The summed E-state index contributed by atoms with van der Waals surface area (Å²) in [6.07, 6.45) is 0.713. The van der Waals surface area contributed by atoms with E-state index in [1.54, 1.807) is 12.1 Å². The van der Waals surface area contributed by atoms with Crippen molar-refractivity contribution in [2.24, 2.45) is 0 Å². The molecular weight excluding hydrogens is 418 g/mol. The maximum Gasteiger partial charge on any atom is 0.257 e. The smallest absolute Gasteiger partial charge is 0.257 e. The molecule has 0 aromatic heterocycles. The molecule has 0 saturated carbocycles. The van der Waals surface area contributed by atoms with Gasteiger partial charge in [0.25, 0.3) is 5.91 Å². The van der Waals surface area contributed by atoms with E-state index in [2.05, 4.69) is 11.4 Å². The van der Waals surface area contributed by atoms with E-state index in [1.807, 2.05) is 78.9 Å². The van der Waals surface area contributed by atoms with Crippen molar-refractivity contribution >= 4 is 34.3 Å². The normalized spacial score (nSPS) is 14.1. The van der Waals surface area contributed by atoms with E-state index in [1.165, 1.54) is 0 Å². The second kappa shape index (κ2) is 8.37. The first-order chi connectivity index (χ1) is 15.6. The van der Waals surface area contributed by atoms with E-state index in [0.29, 0.717) is 17.0 Å². The number of aromatic hydroxyl groups is 1. The van der Waals surface area contributed by atoms with Gasteiger partial charge < -0.3 is 10.4 Å². The van der Waals surface area contributed by atoms with Crippen molar-refractivity contribution in [2.45, 2.75) is 6.42 Å². The fourth-order valence-corrected chi connectivity index (χ4v) is 4.23. The van der Waals surface area contributed by atoms with Crippen molar-refractivity contribution < 1.29 is 9.90 Å². The molecule has 0 fully saturated rings. The monoisotopic (exact) mass is 437 g/mol. The van der Waals surface area contributed by atoms with Gasteiger partial charge in [-0.1, -0.05) is 78.3 Å². The number of halogens is 1. The van der Waals surface area contributed by atoms with Crippen molar-refractivity contribution in [2.75, 3.05) is 5.32 Å². The van der Waals surface area contributed by atoms with Crippen molar-refractivity contribution in [1.82, 2.24) is 0 Å². The van der Waals surface area contributed by atoms with E-state index >= 15 is 0 Å². The molecule has 1 aliphatic heterocycles. The van der Waals surface area contributed by atoms with Crippen LogP contribution in [-0.4, -0.2) is 11.0 Å². The standard InChI is InChI=1S/C28H20ClNO2/c29-22-11-9-21(10-12-22)26(20-4-2-1-3-5-20)27-24-15-8-19(17-25(24)30-28(27)32)16-18-6-13-23(31)14-7-18/h1-15,17,31H,16H2,(H,30,32)/b27-26+. The number of anilines is 1. The minimum absolute atomic E-state index is 0.115. The Morgan fingerprint density at radius 3 is 2.16 bits per heavy atom. The fraction of sp³-hybridized carbons (Fsp3) is 0.0357. The van der Waals surface area contributed by atoms with Crippen molar-refractivity contribution in [3.63, 3.8) is 0 Å². The lowest BCUT2D eigenvalue weighted by Gasteiger charge is -2.13. The molecule has 0 radical (unpaired) electrons. The summed E-state index contributed by atoms with van der Waals surface area (Å²) < 4.78 is 0. The lowest BCUT2D eigenvalue weighted by molar-refractivity contribution is -0.110. The molecule has 1 heterocycles. The highest BCUT2D eigenvalue weighted by Gasteiger charge is 2.29. The molecule has 4 heteroatoms. The topological polar surface area (TPSA) is 49.3 Å². The van der Waals surface area contributed by atoms with Crippen LogP contribution in [0, 0.1) is 0 Å². The van der Waals surface area contributed by atoms with Gasteiger partial charge in [0.05, 0.1) is 5.57 Å². The SMILES string of the molecule is O=C1Nc2cc(Cc3ccc(O)cc3)ccc2/C1=C(/c1ccccc1)c1ccc(Cl)cc1. The molecule has 0 aliphatic carbocycles. The number of phenolic OH excluding ortho intramolecular Hbond substituents is 1. The summed E-state index contributed by atoms with van der Waals surface area (Å²) in [4.78, 5) is 13.2. The van der Waals surface area contributed by atoms with Gasteiger partial charge in [-0.15, -0.1) is 0 Å². The molecule has 4 aromatic carbocycles. The molecule has 156 valence electrons. The van der Waals surface area contributed by atoms with Crippen LogP contribution in [0.4, 0.5) is 5.69 Å². The van der Waals surface area contributed by atoms with Crippen molar-refractivity contribution in [3.8, 4) is 5.75 Å². The minimum atomic E-state index is -0.115. The highest BCUT2D eigenvalue weighted by molar-refractivity contribution is 6.38. The summed E-state index contributed by atoms with van der Waals surface area (Å²) in [7, 11) is 0. The predicted molar refractivity (Wildman–Crippen MR) is 130 cm³/mol. The molecule has 0 saturated heterocycles. The molecule has 3 nitrogen and oxygen atoms in total. The van der Waals surface area contributed by atoms with Crippen LogP contribution in [0.25, 0.3) is 11.1 Å². The van der Waals surface area contributed by atoms with Crippen LogP contribution < -0.4 is 5.32 Å². The number of hydrogen-bond acceptors (Lipinski definition) is 2. The predicted octanol–water partition coefficient (Wildman–Crippen LogP) is 6.55. The molecule has 4 aromatic rings. The highest BCUT2D eigenvalue weighted by Crippen LogP contribution is 2.40. The first kappa shape index (κ1) is 20.1. The molecule has 1 amide bonds. The zero-order valence-corrected chi connectivity index (χ0v) is 17.9. The molecule has 0 unspecified atom stereocenters. The Labute approximate surface area is 191 Å². The highest BCUT2D eigenvalue weighted by atomic mass is 35.5. The Morgan fingerprint density at radius 1 is 0.781 bits per heavy atom. The quantitative estimate of drug-likeness (QED) is 0.356. The van der Waals surface area contributed by atoms with Gasteiger partial charge in [0.1, 0.15) is 5.75 Å². The molecule has 0 spiro atoms. The maximum atomic E-state index is 13.2. The molecular formula is C28H20ClNO2. The second-order valence-electron chi connectivity index (χ2n) is 7.80. The van der Waals surface area contributed by atoms with Crippen LogP contribution in [0.15, 0.2) is 97.1 Å².